The molecule has 2 heterocycles. The Morgan fingerprint density at radius 2 is 1.93 bits per heavy atom. The highest BCUT2D eigenvalue weighted by Gasteiger charge is 2.40. The molecular weight excluding hydrogens is 372 g/mol. The van der Waals surface area contributed by atoms with Crippen LogP contribution in [-0.4, -0.2) is 40.4 Å². The van der Waals surface area contributed by atoms with E-state index in [9.17, 15) is 9.59 Å². The summed E-state index contributed by atoms with van der Waals surface area (Å²) < 4.78 is 0. The SMILES string of the molecule is O=C(C[C@H]1C[C@@H]2CC[C@H]1C2)Nn1nc(N2CCSCC2)c2ccccc2c1=O. The first-order valence-electron chi connectivity index (χ1n) is 10.3. The Hall–Kier alpha value is -2.02. The van der Waals surface area contributed by atoms with E-state index in [-0.39, 0.29) is 11.5 Å². The summed E-state index contributed by atoms with van der Waals surface area (Å²) >= 11 is 1.93. The molecule has 1 amide bonds. The van der Waals surface area contributed by atoms with E-state index in [2.05, 4.69) is 15.4 Å². The standard InChI is InChI=1S/C21H26N4O2S/c26-19(13-16-12-14-5-6-15(16)11-14)22-25-21(27)18-4-2-1-3-17(18)20(23-25)24-7-9-28-10-8-24/h1-4,14-16H,5-13H2,(H,22,26)/t14-,15+,16-/m1/s1. The van der Waals surface area contributed by atoms with E-state index in [4.69, 9.17) is 0 Å². The first kappa shape index (κ1) is 18.0. The van der Waals surface area contributed by atoms with E-state index in [0.717, 1.165) is 48.1 Å². The Labute approximate surface area is 168 Å². The zero-order valence-electron chi connectivity index (χ0n) is 16.0. The summed E-state index contributed by atoms with van der Waals surface area (Å²) in [4.78, 5) is 29.0. The van der Waals surface area contributed by atoms with E-state index in [1.165, 1.54) is 24.1 Å². The van der Waals surface area contributed by atoms with Gasteiger partial charge in [0.1, 0.15) is 0 Å². The van der Waals surface area contributed by atoms with E-state index in [1.54, 1.807) is 0 Å². The summed E-state index contributed by atoms with van der Waals surface area (Å²) in [5, 5.41) is 6.04. The first-order valence-corrected chi connectivity index (χ1v) is 11.5. The number of benzene rings is 1. The summed E-state index contributed by atoms with van der Waals surface area (Å²) in [6, 6.07) is 7.56. The molecular formula is C21H26N4O2S. The molecule has 1 aromatic heterocycles. The van der Waals surface area contributed by atoms with Crippen molar-refractivity contribution in [3.05, 3.63) is 34.6 Å². The summed E-state index contributed by atoms with van der Waals surface area (Å²) in [5.74, 6) is 4.76. The lowest BCUT2D eigenvalue weighted by molar-refractivity contribution is -0.118. The molecule has 3 aliphatic rings. The van der Waals surface area contributed by atoms with Gasteiger partial charge in [-0.1, -0.05) is 24.6 Å². The largest absolute Gasteiger partial charge is 0.353 e. The van der Waals surface area contributed by atoms with Crippen LogP contribution in [0.3, 0.4) is 0 Å². The van der Waals surface area contributed by atoms with Crippen molar-refractivity contribution in [1.82, 2.24) is 9.89 Å². The number of hydrogen-bond acceptors (Lipinski definition) is 5. The van der Waals surface area contributed by atoms with Gasteiger partial charge < -0.3 is 4.90 Å². The van der Waals surface area contributed by atoms with E-state index < -0.39 is 0 Å². The van der Waals surface area contributed by atoms with Gasteiger partial charge in [0.15, 0.2) is 5.82 Å². The van der Waals surface area contributed by atoms with Gasteiger partial charge in [0.2, 0.25) is 5.91 Å². The molecule has 2 aliphatic carbocycles. The van der Waals surface area contributed by atoms with Crippen molar-refractivity contribution in [3.8, 4) is 0 Å². The summed E-state index contributed by atoms with van der Waals surface area (Å²) in [6.45, 7) is 1.80. The van der Waals surface area contributed by atoms with Crippen LogP contribution in [0.25, 0.3) is 10.8 Å². The third kappa shape index (κ3) is 3.30. The van der Waals surface area contributed by atoms with Gasteiger partial charge in [-0.05, 0) is 43.1 Å². The predicted molar refractivity (Wildman–Crippen MR) is 113 cm³/mol. The number of anilines is 1. The molecule has 2 bridgehead atoms. The predicted octanol–water partition coefficient (Wildman–Crippen LogP) is 2.85. The molecule has 1 saturated heterocycles. The molecule has 3 fully saturated rings. The Morgan fingerprint density at radius 1 is 1.14 bits per heavy atom. The molecule has 1 aliphatic heterocycles. The second kappa shape index (κ2) is 7.43. The van der Waals surface area contributed by atoms with Crippen molar-refractivity contribution in [2.75, 3.05) is 34.9 Å². The zero-order valence-corrected chi connectivity index (χ0v) is 16.8. The van der Waals surface area contributed by atoms with Gasteiger partial charge in [0, 0.05) is 36.4 Å². The maximum Gasteiger partial charge on any atom is 0.294 e. The summed E-state index contributed by atoms with van der Waals surface area (Å²) in [7, 11) is 0. The lowest BCUT2D eigenvalue weighted by Gasteiger charge is -2.28. The van der Waals surface area contributed by atoms with Gasteiger partial charge in [0.25, 0.3) is 5.56 Å². The van der Waals surface area contributed by atoms with Crippen molar-refractivity contribution in [2.45, 2.75) is 32.1 Å². The van der Waals surface area contributed by atoms with Gasteiger partial charge in [-0.2, -0.15) is 11.8 Å². The van der Waals surface area contributed by atoms with E-state index >= 15 is 0 Å². The van der Waals surface area contributed by atoms with Crippen molar-refractivity contribution >= 4 is 34.3 Å². The van der Waals surface area contributed by atoms with Crippen LogP contribution in [0.4, 0.5) is 5.82 Å². The third-order valence-corrected chi connectivity index (χ3v) is 7.60. The molecule has 0 unspecified atom stereocenters. The fraction of sp³-hybridized carbons (Fsp3) is 0.571. The van der Waals surface area contributed by atoms with Crippen LogP contribution in [0.5, 0.6) is 0 Å². The highest BCUT2D eigenvalue weighted by molar-refractivity contribution is 7.99. The molecule has 0 radical (unpaired) electrons. The second-order valence-electron chi connectivity index (χ2n) is 8.36. The summed E-state index contributed by atoms with van der Waals surface area (Å²) in [6.07, 6.45) is 5.52. The van der Waals surface area contributed by atoms with Gasteiger partial charge in [0.05, 0.1) is 5.39 Å². The van der Waals surface area contributed by atoms with Crippen LogP contribution in [-0.2, 0) is 4.79 Å². The Balaban J connectivity index is 1.42. The topological polar surface area (TPSA) is 67.2 Å². The fourth-order valence-electron chi connectivity index (χ4n) is 5.29. The minimum Gasteiger partial charge on any atom is -0.353 e. The Morgan fingerprint density at radius 3 is 2.64 bits per heavy atom. The Bertz CT molecular complexity index is 953. The highest BCUT2D eigenvalue weighted by atomic mass is 32.2. The maximum absolute atomic E-state index is 12.9. The lowest BCUT2D eigenvalue weighted by Crippen LogP contribution is -2.40. The van der Waals surface area contributed by atoms with E-state index in [1.807, 2.05) is 36.0 Å². The summed E-state index contributed by atoms with van der Waals surface area (Å²) in [5.41, 5.74) is 2.53. The van der Waals surface area contributed by atoms with Crippen LogP contribution in [0.15, 0.2) is 29.1 Å². The minimum atomic E-state index is -0.257. The second-order valence-corrected chi connectivity index (χ2v) is 9.58. The minimum absolute atomic E-state index is 0.0948. The first-order chi connectivity index (χ1) is 13.7. The smallest absolute Gasteiger partial charge is 0.294 e. The van der Waals surface area contributed by atoms with Crippen molar-refractivity contribution in [1.29, 1.82) is 0 Å². The molecule has 148 valence electrons. The number of carbonyl (C=O) groups excluding carboxylic acids is 1. The lowest BCUT2D eigenvalue weighted by atomic mass is 9.86. The third-order valence-electron chi connectivity index (χ3n) is 6.66. The number of amides is 1. The monoisotopic (exact) mass is 398 g/mol. The highest BCUT2D eigenvalue weighted by Crippen LogP contribution is 2.49. The number of hydrogen-bond donors (Lipinski definition) is 1. The number of aromatic nitrogens is 2. The van der Waals surface area contributed by atoms with Crippen LogP contribution in [0, 0.1) is 17.8 Å². The zero-order chi connectivity index (χ0) is 19.1. The normalized spacial score (nSPS) is 26.7. The molecule has 1 N–H and O–H groups in total. The number of carbonyl (C=O) groups is 1. The number of nitrogens with one attached hydrogen (secondary N) is 1. The molecule has 5 rings (SSSR count). The average molecular weight is 399 g/mol. The Kier molecular flexibility index (Phi) is 4.78. The maximum atomic E-state index is 12.9. The van der Waals surface area contributed by atoms with Crippen LogP contribution in [0.1, 0.15) is 32.1 Å². The van der Waals surface area contributed by atoms with Crippen molar-refractivity contribution < 1.29 is 4.79 Å². The van der Waals surface area contributed by atoms with Gasteiger partial charge in [-0.3, -0.25) is 9.59 Å². The molecule has 1 aromatic carbocycles. The molecule has 7 heteroatoms. The molecule has 2 aromatic rings. The number of nitrogens with zero attached hydrogens (tertiary/aromatic N) is 3. The molecule has 6 nitrogen and oxygen atoms in total. The number of fused-ring (bicyclic) bond motifs is 3. The van der Waals surface area contributed by atoms with Gasteiger partial charge in [-0.15, -0.1) is 9.89 Å². The molecule has 2 saturated carbocycles. The fourth-order valence-corrected chi connectivity index (χ4v) is 6.19. The van der Waals surface area contributed by atoms with Crippen LogP contribution < -0.4 is 15.9 Å². The van der Waals surface area contributed by atoms with E-state index in [0.29, 0.717) is 23.6 Å². The molecule has 3 atom stereocenters. The molecule has 0 spiro atoms. The number of thioether (sulfide) groups is 1. The van der Waals surface area contributed by atoms with Crippen LogP contribution >= 0.6 is 11.8 Å². The number of rotatable bonds is 4. The van der Waals surface area contributed by atoms with Crippen LogP contribution in [0.2, 0.25) is 0 Å². The van der Waals surface area contributed by atoms with Gasteiger partial charge >= 0.3 is 0 Å². The van der Waals surface area contributed by atoms with Gasteiger partial charge in [-0.25, -0.2) is 5.43 Å². The van der Waals surface area contributed by atoms with Crippen molar-refractivity contribution in [3.63, 3.8) is 0 Å². The van der Waals surface area contributed by atoms with Crippen molar-refractivity contribution in [2.24, 2.45) is 17.8 Å². The average Bonchev–Trinajstić information content (AvgIpc) is 3.34. The molecule has 28 heavy (non-hydrogen) atoms. The quantitative estimate of drug-likeness (QED) is 0.858.